The normalized spacial score (nSPS) is 16.3. The molecule has 0 aromatic heterocycles. The quantitative estimate of drug-likeness (QED) is 0.778. The summed E-state index contributed by atoms with van der Waals surface area (Å²) in [6.45, 7) is 2.53. The highest BCUT2D eigenvalue weighted by Gasteiger charge is 2.45. The van der Waals surface area contributed by atoms with E-state index in [0.717, 1.165) is 29.9 Å². The van der Waals surface area contributed by atoms with E-state index in [-0.39, 0.29) is 5.41 Å². The summed E-state index contributed by atoms with van der Waals surface area (Å²) in [6.07, 6.45) is 1.89. The van der Waals surface area contributed by atoms with Crippen molar-refractivity contribution in [3.63, 3.8) is 0 Å². The molecule has 2 rings (SSSR count). The van der Waals surface area contributed by atoms with Crippen molar-refractivity contribution in [1.82, 2.24) is 0 Å². The van der Waals surface area contributed by atoms with E-state index in [9.17, 15) is 0 Å². The third-order valence-electron chi connectivity index (χ3n) is 2.98. The molecule has 0 radical (unpaired) electrons. The zero-order chi connectivity index (χ0) is 11.6. The Morgan fingerprint density at radius 3 is 2.62 bits per heavy atom. The third-order valence-corrected chi connectivity index (χ3v) is 2.98. The highest BCUT2D eigenvalue weighted by Crippen LogP contribution is 2.49. The van der Waals surface area contributed by atoms with E-state index in [1.54, 1.807) is 7.11 Å². The zero-order valence-corrected chi connectivity index (χ0v) is 9.62. The highest BCUT2D eigenvalue weighted by atomic mass is 16.5. The van der Waals surface area contributed by atoms with Crippen molar-refractivity contribution in [2.45, 2.75) is 25.2 Å². The molecule has 3 heteroatoms. The molecule has 0 saturated heterocycles. The number of hydrogen-bond acceptors (Lipinski definition) is 3. The molecule has 1 fully saturated rings. The Morgan fingerprint density at radius 2 is 2.12 bits per heavy atom. The van der Waals surface area contributed by atoms with E-state index in [2.05, 4.69) is 6.07 Å². The maximum atomic E-state index is 9.14. The minimum atomic E-state index is -0.266. The molecular formula is C13H15NO2. The topological polar surface area (TPSA) is 42.2 Å². The van der Waals surface area contributed by atoms with Gasteiger partial charge in [-0.05, 0) is 37.5 Å². The molecule has 0 amide bonds. The van der Waals surface area contributed by atoms with Crippen LogP contribution in [0.3, 0.4) is 0 Å². The van der Waals surface area contributed by atoms with E-state index in [4.69, 9.17) is 14.7 Å². The molecule has 1 saturated carbocycles. The molecule has 0 unspecified atom stereocenters. The van der Waals surface area contributed by atoms with E-state index < -0.39 is 0 Å². The van der Waals surface area contributed by atoms with E-state index in [0.29, 0.717) is 6.61 Å². The Balaban J connectivity index is 2.36. The molecule has 16 heavy (non-hydrogen) atoms. The fourth-order valence-corrected chi connectivity index (χ4v) is 1.83. The number of nitrogens with zero attached hydrogens (tertiary/aromatic N) is 1. The minimum absolute atomic E-state index is 0.266. The molecule has 0 aliphatic heterocycles. The first kappa shape index (κ1) is 10.8. The molecular weight excluding hydrogens is 202 g/mol. The zero-order valence-electron chi connectivity index (χ0n) is 9.62. The summed E-state index contributed by atoms with van der Waals surface area (Å²) in [7, 11) is 1.62. The van der Waals surface area contributed by atoms with Crippen LogP contribution in [-0.2, 0) is 5.41 Å². The van der Waals surface area contributed by atoms with Crippen molar-refractivity contribution in [3.8, 4) is 17.6 Å². The Morgan fingerprint density at radius 1 is 1.38 bits per heavy atom. The van der Waals surface area contributed by atoms with Crippen LogP contribution in [-0.4, -0.2) is 13.7 Å². The molecule has 0 heterocycles. The Bertz CT molecular complexity index is 430. The van der Waals surface area contributed by atoms with Gasteiger partial charge in [-0.15, -0.1) is 0 Å². The van der Waals surface area contributed by atoms with Crippen molar-refractivity contribution in [2.75, 3.05) is 13.7 Å². The van der Waals surface area contributed by atoms with Crippen LogP contribution in [0.25, 0.3) is 0 Å². The molecule has 1 aromatic rings. The van der Waals surface area contributed by atoms with Crippen LogP contribution in [0.4, 0.5) is 0 Å². The van der Waals surface area contributed by atoms with Gasteiger partial charge in [0.05, 0.1) is 25.2 Å². The molecule has 1 aliphatic rings. The monoisotopic (exact) mass is 217 g/mol. The second kappa shape index (κ2) is 4.05. The van der Waals surface area contributed by atoms with Gasteiger partial charge in [0.1, 0.15) is 0 Å². The third kappa shape index (κ3) is 1.71. The fraction of sp³-hybridized carbons (Fsp3) is 0.462. The van der Waals surface area contributed by atoms with Gasteiger partial charge in [-0.1, -0.05) is 6.07 Å². The second-order valence-electron chi connectivity index (χ2n) is 3.99. The predicted octanol–water partition coefficient (Wildman–Crippen LogP) is 2.65. The maximum Gasteiger partial charge on any atom is 0.161 e. The average molecular weight is 217 g/mol. The van der Waals surface area contributed by atoms with Crippen LogP contribution in [0.2, 0.25) is 0 Å². The summed E-state index contributed by atoms with van der Waals surface area (Å²) in [5, 5.41) is 9.14. The van der Waals surface area contributed by atoms with Crippen LogP contribution >= 0.6 is 0 Å². The van der Waals surface area contributed by atoms with E-state index in [1.807, 2.05) is 25.1 Å². The summed E-state index contributed by atoms with van der Waals surface area (Å²) >= 11 is 0. The van der Waals surface area contributed by atoms with Crippen LogP contribution in [0.5, 0.6) is 11.5 Å². The first-order chi connectivity index (χ1) is 7.75. The highest BCUT2D eigenvalue weighted by molar-refractivity contribution is 5.49. The molecule has 84 valence electrons. The van der Waals surface area contributed by atoms with Gasteiger partial charge in [0, 0.05) is 0 Å². The fourth-order valence-electron chi connectivity index (χ4n) is 1.83. The second-order valence-corrected chi connectivity index (χ2v) is 3.99. The van der Waals surface area contributed by atoms with Crippen LogP contribution in [0.15, 0.2) is 18.2 Å². The molecule has 1 aromatic carbocycles. The van der Waals surface area contributed by atoms with Crippen molar-refractivity contribution in [1.29, 1.82) is 5.26 Å². The van der Waals surface area contributed by atoms with Gasteiger partial charge in [0.2, 0.25) is 0 Å². The van der Waals surface area contributed by atoms with Gasteiger partial charge in [-0.2, -0.15) is 5.26 Å². The van der Waals surface area contributed by atoms with Crippen molar-refractivity contribution >= 4 is 0 Å². The van der Waals surface area contributed by atoms with Crippen molar-refractivity contribution < 1.29 is 9.47 Å². The molecule has 0 N–H and O–H groups in total. The Kier molecular flexibility index (Phi) is 2.74. The van der Waals surface area contributed by atoms with Gasteiger partial charge in [0.25, 0.3) is 0 Å². The first-order valence-electron chi connectivity index (χ1n) is 5.48. The number of ether oxygens (including phenoxy) is 2. The minimum Gasteiger partial charge on any atom is -0.493 e. The van der Waals surface area contributed by atoms with Gasteiger partial charge < -0.3 is 9.47 Å². The molecule has 0 bridgehead atoms. The summed E-state index contributed by atoms with van der Waals surface area (Å²) in [5.74, 6) is 1.45. The predicted molar refractivity (Wildman–Crippen MR) is 60.7 cm³/mol. The van der Waals surface area contributed by atoms with Gasteiger partial charge in [-0.3, -0.25) is 0 Å². The molecule has 0 atom stereocenters. The van der Waals surface area contributed by atoms with Gasteiger partial charge in [-0.25, -0.2) is 0 Å². The van der Waals surface area contributed by atoms with Gasteiger partial charge in [0.15, 0.2) is 11.5 Å². The van der Waals surface area contributed by atoms with E-state index in [1.165, 1.54) is 0 Å². The maximum absolute atomic E-state index is 9.14. The number of rotatable bonds is 4. The molecule has 0 spiro atoms. The standard InChI is InChI=1S/C13H15NO2/c1-3-16-12-8-10(4-5-11(12)15-2)13(9-14)6-7-13/h4-5,8H,3,6-7H2,1-2H3. The summed E-state index contributed by atoms with van der Waals surface area (Å²) in [5.41, 5.74) is 0.775. The number of methoxy groups -OCH3 is 1. The van der Waals surface area contributed by atoms with Crippen LogP contribution in [0, 0.1) is 11.3 Å². The summed E-state index contributed by atoms with van der Waals surface area (Å²) in [4.78, 5) is 0. The number of hydrogen-bond donors (Lipinski definition) is 0. The molecule has 1 aliphatic carbocycles. The SMILES string of the molecule is CCOc1cc(C2(C#N)CC2)ccc1OC. The Labute approximate surface area is 95.6 Å². The first-order valence-corrected chi connectivity index (χ1v) is 5.48. The molecule has 3 nitrogen and oxygen atoms in total. The lowest BCUT2D eigenvalue weighted by molar-refractivity contribution is 0.310. The summed E-state index contributed by atoms with van der Waals surface area (Å²) < 4.78 is 10.7. The smallest absolute Gasteiger partial charge is 0.161 e. The van der Waals surface area contributed by atoms with Crippen LogP contribution in [0.1, 0.15) is 25.3 Å². The average Bonchev–Trinajstić information content (AvgIpc) is 3.10. The Hall–Kier alpha value is -1.69. The number of nitriles is 1. The largest absolute Gasteiger partial charge is 0.493 e. The summed E-state index contributed by atoms with van der Waals surface area (Å²) in [6, 6.07) is 8.14. The van der Waals surface area contributed by atoms with Crippen molar-refractivity contribution in [3.05, 3.63) is 23.8 Å². The van der Waals surface area contributed by atoms with Crippen LogP contribution < -0.4 is 9.47 Å². The number of benzene rings is 1. The lowest BCUT2D eigenvalue weighted by atomic mass is 9.97. The van der Waals surface area contributed by atoms with E-state index >= 15 is 0 Å². The van der Waals surface area contributed by atoms with Crippen molar-refractivity contribution in [2.24, 2.45) is 0 Å². The van der Waals surface area contributed by atoms with Gasteiger partial charge >= 0.3 is 0 Å². The lowest BCUT2D eigenvalue weighted by Gasteiger charge is -2.13. The lowest BCUT2D eigenvalue weighted by Crippen LogP contribution is -2.04.